The number of carbonyl (C=O) groups is 1. The molecule has 112 valence electrons. The summed E-state index contributed by atoms with van der Waals surface area (Å²) in [5, 5.41) is 2.79. The number of nitrogens with one attached hydrogen (secondary N) is 1. The second-order valence-corrected chi connectivity index (χ2v) is 5.98. The Morgan fingerprint density at radius 3 is 2.11 bits per heavy atom. The lowest BCUT2D eigenvalue weighted by Gasteiger charge is -2.19. The molecule has 0 rings (SSSR count). The van der Waals surface area contributed by atoms with Crippen molar-refractivity contribution in [2.45, 2.75) is 77.7 Å². The van der Waals surface area contributed by atoms with Gasteiger partial charge in [-0.3, -0.25) is 0 Å². The van der Waals surface area contributed by atoms with Gasteiger partial charge in [-0.2, -0.15) is 0 Å². The number of alkyl carbamates (subject to hydrolysis) is 1. The number of rotatable bonds is 10. The van der Waals surface area contributed by atoms with E-state index in [2.05, 4.69) is 11.9 Å². The molecule has 0 aromatic heterocycles. The fraction of sp³-hybridized carbons (Fsp3) is 0.812. The van der Waals surface area contributed by atoms with Gasteiger partial charge in [-0.15, -0.1) is 6.58 Å². The summed E-state index contributed by atoms with van der Waals surface area (Å²) in [5.74, 6) is 0. The van der Waals surface area contributed by atoms with Crippen molar-refractivity contribution < 1.29 is 9.53 Å². The van der Waals surface area contributed by atoms with E-state index in [9.17, 15) is 4.79 Å². The Hall–Kier alpha value is -0.990. The van der Waals surface area contributed by atoms with Crippen LogP contribution < -0.4 is 5.32 Å². The molecule has 0 saturated carbocycles. The third kappa shape index (κ3) is 15.0. The van der Waals surface area contributed by atoms with Crippen molar-refractivity contribution >= 4 is 6.09 Å². The highest BCUT2D eigenvalue weighted by Gasteiger charge is 2.15. The van der Waals surface area contributed by atoms with Gasteiger partial charge in [-0.25, -0.2) is 4.79 Å². The van der Waals surface area contributed by atoms with Crippen LogP contribution in [0.4, 0.5) is 4.79 Å². The minimum Gasteiger partial charge on any atom is -0.444 e. The van der Waals surface area contributed by atoms with Crippen LogP contribution in [0.1, 0.15) is 72.1 Å². The fourth-order valence-electron chi connectivity index (χ4n) is 1.80. The van der Waals surface area contributed by atoms with E-state index in [0.717, 1.165) is 12.8 Å². The molecule has 0 aliphatic heterocycles. The summed E-state index contributed by atoms with van der Waals surface area (Å²) in [6.07, 6.45) is 11.5. The normalized spacial score (nSPS) is 11.1. The molecular weight excluding hydrogens is 238 g/mol. The van der Waals surface area contributed by atoms with Crippen molar-refractivity contribution in [2.24, 2.45) is 0 Å². The number of allylic oxidation sites excluding steroid dienone is 1. The summed E-state index contributed by atoms with van der Waals surface area (Å²) in [4.78, 5) is 11.4. The molecular formula is C16H31NO2. The highest BCUT2D eigenvalue weighted by Crippen LogP contribution is 2.09. The number of hydrogen-bond acceptors (Lipinski definition) is 2. The van der Waals surface area contributed by atoms with Gasteiger partial charge >= 0.3 is 6.09 Å². The lowest BCUT2D eigenvalue weighted by molar-refractivity contribution is 0.0527. The van der Waals surface area contributed by atoms with Crippen LogP contribution in [-0.4, -0.2) is 18.2 Å². The Kier molecular flexibility index (Phi) is 10.3. The van der Waals surface area contributed by atoms with Gasteiger partial charge in [0.15, 0.2) is 0 Å². The average Bonchev–Trinajstić information content (AvgIpc) is 2.29. The fourth-order valence-corrected chi connectivity index (χ4v) is 1.80. The van der Waals surface area contributed by atoms with Gasteiger partial charge in [0.25, 0.3) is 0 Å². The number of unbranched alkanes of at least 4 members (excludes halogenated alkanes) is 7. The topological polar surface area (TPSA) is 38.3 Å². The van der Waals surface area contributed by atoms with Gasteiger partial charge in [-0.05, 0) is 40.0 Å². The molecule has 3 nitrogen and oxygen atoms in total. The highest BCUT2D eigenvalue weighted by atomic mass is 16.6. The minimum atomic E-state index is -0.407. The minimum absolute atomic E-state index is 0.308. The first-order chi connectivity index (χ1) is 8.95. The Balaban J connectivity index is 3.23. The van der Waals surface area contributed by atoms with E-state index in [-0.39, 0.29) is 6.09 Å². The van der Waals surface area contributed by atoms with Crippen molar-refractivity contribution in [1.82, 2.24) is 5.32 Å². The van der Waals surface area contributed by atoms with E-state index in [1.165, 1.54) is 38.5 Å². The van der Waals surface area contributed by atoms with Crippen LogP contribution in [0.5, 0.6) is 0 Å². The van der Waals surface area contributed by atoms with Crippen LogP contribution in [0, 0.1) is 0 Å². The van der Waals surface area contributed by atoms with Crippen molar-refractivity contribution in [1.29, 1.82) is 0 Å². The molecule has 1 N–H and O–H groups in total. The van der Waals surface area contributed by atoms with Gasteiger partial charge in [0.2, 0.25) is 0 Å². The lowest BCUT2D eigenvalue weighted by Crippen LogP contribution is -2.32. The van der Waals surface area contributed by atoms with E-state index in [4.69, 9.17) is 4.74 Å². The van der Waals surface area contributed by atoms with Crippen molar-refractivity contribution in [2.75, 3.05) is 6.54 Å². The Labute approximate surface area is 118 Å². The number of ether oxygens (including phenoxy) is 1. The third-order valence-electron chi connectivity index (χ3n) is 2.75. The van der Waals surface area contributed by atoms with Crippen LogP contribution in [0.15, 0.2) is 12.7 Å². The number of hydrogen-bond donors (Lipinski definition) is 1. The summed E-state index contributed by atoms with van der Waals surface area (Å²) < 4.78 is 5.16. The first-order valence-corrected chi connectivity index (χ1v) is 7.53. The first kappa shape index (κ1) is 18.0. The monoisotopic (exact) mass is 269 g/mol. The molecule has 0 aliphatic carbocycles. The van der Waals surface area contributed by atoms with Gasteiger partial charge in [0, 0.05) is 6.54 Å². The zero-order valence-electron chi connectivity index (χ0n) is 13.0. The first-order valence-electron chi connectivity index (χ1n) is 7.53. The van der Waals surface area contributed by atoms with Gasteiger partial charge in [0.05, 0.1) is 0 Å². The molecule has 0 radical (unpaired) electrons. The Bertz CT molecular complexity index is 244. The summed E-state index contributed by atoms with van der Waals surface area (Å²) in [6, 6.07) is 0. The van der Waals surface area contributed by atoms with E-state index in [0.29, 0.717) is 6.54 Å². The molecule has 0 spiro atoms. The molecule has 1 amide bonds. The number of carbonyl (C=O) groups excluding carboxylic acids is 1. The zero-order chi connectivity index (χ0) is 14.6. The second kappa shape index (κ2) is 10.9. The molecule has 0 aliphatic rings. The van der Waals surface area contributed by atoms with E-state index < -0.39 is 5.60 Å². The lowest BCUT2D eigenvalue weighted by atomic mass is 10.1. The van der Waals surface area contributed by atoms with Crippen LogP contribution in [0.2, 0.25) is 0 Å². The maximum atomic E-state index is 11.4. The molecule has 0 aromatic carbocycles. The van der Waals surface area contributed by atoms with E-state index >= 15 is 0 Å². The predicted molar refractivity (Wildman–Crippen MR) is 81.4 cm³/mol. The third-order valence-corrected chi connectivity index (χ3v) is 2.75. The van der Waals surface area contributed by atoms with E-state index in [1.54, 1.807) is 0 Å². The molecule has 0 unspecified atom stereocenters. The molecule has 0 saturated heterocycles. The molecule has 0 aromatic rings. The summed E-state index contributed by atoms with van der Waals surface area (Å²) in [6.45, 7) is 10.1. The Morgan fingerprint density at radius 1 is 1.05 bits per heavy atom. The summed E-state index contributed by atoms with van der Waals surface area (Å²) >= 11 is 0. The number of amides is 1. The predicted octanol–water partition coefficient (Wildman–Crippen LogP) is 4.82. The largest absolute Gasteiger partial charge is 0.444 e. The Morgan fingerprint density at radius 2 is 1.58 bits per heavy atom. The molecule has 0 atom stereocenters. The van der Waals surface area contributed by atoms with Crippen molar-refractivity contribution in [3.05, 3.63) is 12.7 Å². The average molecular weight is 269 g/mol. The highest BCUT2D eigenvalue weighted by molar-refractivity contribution is 5.67. The quantitative estimate of drug-likeness (QED) is 0.456. The standard InChI is InChI=1S/C16H31NO2/c1-5-6-7-8-9-10-11-12-13-14-17-15(18)19-16(2,3)4/h5H,1,6-14H2,2-4H3,(H,17,18). The smallest absolute Gasteiger partial charge is 0.407 e. The molecule has 0 heterocycles. The molecule has 19 heavy (non-hydrogen) atoms. The maximum Gasteiger partial charge on any atom is 0.407 e. The maximum absolute atomic E-state index is 11.4. The summed E-state index contributed by atoms with van der Waals surface area (Å²) in [5.41, 5.74) is -0.407. The SMILES string of the molecule is C=CCCCCCCCCCNC(=O)OC(C)(C)C. The van der Waals surface area contributed by atoms with Gasteiger partial charge in [0.1, 0.15) is 5.60 Å². The van der Waals surface area contributed by atoms with Crippen molar-refractivity contribution in [3.8, 4) is 0 Å². The van der Waals surface area contributed by atoms with Gasteiger partial charge < -0.3 is 10.1 Å². The zero-order valence-corrected chi connectivity index (χ0v) is 13.0. The van der Waals surface area contributed by atoms with E-state index in [1.807, 2.05) is 26.8 Å². The van der Waals surface area contributed by atoms with Crippen LogP contribution in [-0.2, 0) is 4.74 Å². The van der Waals surface area contributed by atoms with Crippen molar-refractivity contribution in [3.63, 3.8) is 0 Å². The molecule has 0 fully saturated rings. The van der Waals surface area contributed by atoms with Crippen LogP contribution in [0.25, 0.3) is 0 Å². The van der Waals surface area contributed by atoms with Crippen LogP contribution >= 0.6 is 0 Å². The molecule has 3 heteroatoms. The second-order valence-electron chi connectivity index (χ2n) is 5.98. The van der Waals surface area contributed by atoms with Gasteiger partial charge in [-0.1, -0.05) is 38.2 Å². The molecule has 0 bridgehead atoms. The van der Waals surface area contributed by atoms with Crippen LogP contribution in [0.3, 0.4) is 0 Å². The summed E-state index contributed by atoms with van der Waals surface area (Å²) in [7, 11) is 0.